The molecule has 1 fully saturated rings. The third kappa shape index (κ3) is 3.37. The number of ether oxygens (including phenoxy) is 1. The van der Waals surface area contributed by atoms with E-state index in [1.807, 2.05) is 31.2 Å². The first kappa shape index (κ1) is 19.1. The van der Waals surface area contributed by atoms with Crippen molar-refractivity contribution in [3.63, 3.8) is 0 Å². The van der Waals surface area contributed by atoms with Crippen LogP contribution in [0.4, 0.5) is 5.69 Å². The quantitative estimate of drug-likeness (QED) is 0.680. The van der Waals surface area contributed by atoms with E-state index >= 15 is 0 Å². The molecule has 3 heterocycles. The number of aryl methyl sites for hydroxylation is 2. The van der Waals surface area contributed by atoms with Gasteiger partial charge in [-0.2, -0.15) is 0 Å². The molecule has 4 rings (SSSR count). The number of nitrogens with zero attached hydrogens (tertiary/aromatic N) is 3. The molecule has 1 aliphatic heterocycles. The van der Waals surface area contributed by atoms with Gasteiger partial charge in [0.2, 0.25) is 0 Å². The van der Waals surface area contributed by atoms with Gasteiger partial charge in [-0.15, -0.1) is 0 Å². The van der Waals surface area contributed by atoms with E-state index in [4.69, 9.17) is 9.15 Å². The Bertz CT molecular complexity index is 1090. The Kier molecular flexibility index (Phi) is 5.05. The molecule has 7 heteroatoms. The first-order valence-corrected chi connectivity index (χ1v) is 9.84. The highest BCUT2D eigenvalue weighted by molar-refractivity contribution is 6.07. The molecule has 0 aliphatic carbocycles. The number of methoxy groups -OCH3 is 1. The van der Waals surface area contributed by atoms with Crippen molar-refractivity contribution >= 4 is 22.6 Å². The van der Waals surface area contributed by atoms with Gasteiger partial charge in [-0.25, -0.2) is 0 Å². The lowest BCUT2D eigenvalue weighted by Gasteiger charge is -2.36. The van der Waals surface area contributed by atoms with Gasteiger partial charge in [0, 0.05) is 44.6 Å². The van der Waals surface area contributed by atoms with Gasteiger partial charge in [-0.3, -0.25) is 9.59 Å². The van der Waals surface area contributed by atoms with Crippen LogP contribution in [0.3, 0.4) is 0 Å². The molecule has 0 radical (unpaired) electrons. The van der Waals surface area contributed by atoms with Crippen molar-refractivity contribution in [3.8, 4) is 5.75 Å². The summed E-state index contributed by atoms with van der Waals surface area (Å²) in [7, 11) is 1.65. The molecule has 29 heavy (non-hydrogen) atoms. The second kappa shape index (κ2) is 7.66. The van der Waals surface area contributed by atoms with E-state index in [9.17, 15) is 9.59 Å². The van der Waals surface area contributed by atoms with E-state index in [1.165, 1.54) is 0 Å². The SMILES string of the molecule is CCn1ccc2oc(C)c(C(=O)N3CCN(c4ccc(OC)cc4)CC3)c2c1=O. The predicted octanol–water partition coefficient (Wildman–Crippen LogP) is 2.89. The van der Waals surface area contributed by atoms with E-state index < -0.39 is 0 Å². The summed E-state index contributed by atoms with van der Waals surface area (Å²) in [6, 6.07) is 9.68. The fourth-order valence-corrected chi connectivity index (χ4v) is 3.89. The lowest BCUT2D eigenvalue weighted by molar-refractivity contribution is 0.0746. The van der Waals surface area contributed by atoms with E-state index in [0.29, 0.717) is 41.9 Å². The van der Waals surface area contributed by atoms with Crippen LogP contribution in [0.2, 0.25) is 0 Å². The zero-order chi connectivity index (χ0) is 20.5. The van der Waals surface area contributed by atoms with Crippen LogP contribution in [0, 0.1) is 6.92 Å². The largest absolute Gasteiger partial charge is 0.497 e. The molecule has 3 aromatic rings. The van der Waals surface area contributed by atoms with Gasteiger partial charge in [0.25, 0.3) is 11.5 Å². The number of amides is 1. The van der Waals surface area contributed by atoms with Gasteiger partial charge in [0.15, 0.2) is 0 Å². The fourth-order valence-electron chi connectivity index (χ4n) is 3.89. The molecule has 0 atom stereocenters. The van der Waals surface area contributed by atoms with Crippen LogP contribution in [0.5, 0.6) is 5.75 Å². The predicted molar refractivity (Wildman–Crippen MR) is 112 cm³/mol. The monoisotopic (exact) mass is 395 g/mol. The molecule has 152 valence electrons. The van der Waals surface area contributed by atoms with Crippen molar-refractivity contribution in [2.45, 2.75) is 20.4 Å². The molecule has 2 aromatic heterocycles. The molecule has 0 N–H and O–H groups in total. The second-order valence-corrected chi connectivity index (χ2v) is 7.16. The second-order valence-electron chi connectivity index (χ2n) is 7.16. The van der Waals surface area contributed by atoms with Gasteiger partial charge >= 0.3 is 0 Å². The summed E-state index contributed by atoms with van der Waals surface area (Å²) in [5.41, 5.74) is 1.79. The van der Waals surface area contributed by atoms with Crippen LogP contribution in [0.25, 0.3) is 11.0 Å². The number of hydrogen-bond donors (Lipinski definition) is 0. The van der Waals surface area contributed by atoms with Crippen LogP contribution in [0.1, 0.15) is 23.0 Å². The lowest BCUT2D eigenvalue weighted by atomic mass is 10.1. The highest BCUT2D eigenvalue weighted by atomic mass is 16.5. The minimum atomic E-state index is -0.179. The zero-order valence-corrected chi connectivity index (χ0v) is 17.0. The molecule has 0 saturated carbocycles. The number of furan rings is 1. The van der Waals surface area contributed by atoms with Crippen molar-refractivity contribution in [2.24, 2.45) is 0 Å². The molecule has 0 unspecified atom stereocenters. The Morgan fingerprint density at radius 3 is 2.41 bits per heavy atom. The lowest BCUT2D eigenvalue weighted by Crippen LogP contribution is -2.49. The van der Waals surface area contributed by atoms with Gasteiger partial charge in [-0.1, -0.05) is 0 Å². The third-order valence-corrected chi connectivity index (χ3v) is 5.55. The number of benzene rings is 1. The van der Waals surface area contributed by atoms with Crippen molar-refractivity contribution in [2.75, 3.05) is 38.2 Å². The number of anilines is 1. The Labute approximate surface area is 169 Å². The molecule has 7 nitrogen and oxygen atoms in total. The summed E-state index contributed by atoms with van der Waals surface area (Å²) in [5, 5.41) is 0.384. The fraction of sp³-hybridized carbons (Fsp3) is 0.364. The molecule has 1 aliphatic rings. The van der Waals surface area contributed by atoms with Crippen molar-refractivity contribution < 1.29 is 13.9 Å². The number of rotatable bonds is 4. The van der Waals surface area contributed by atoms with Gasteiger partial charge < -0.3 is 23.5 Å². The molecule has 1 aromatic carbocycles. The summed E-state index contributed by atoms with van der Waals surface area (Å²) in [6.45, 7) is 6.83. The van der Waals surface area contributed by atoms with Gasteiger partial charge in [0.1, 0.15) is 17.1 Å². The summed E-state index contributed by atoms with van der Waals surface area (Å²) in [4.78, 5) is 30.1. The summed E-state index contributed by atoms with van der Waals surface area (Å²) >= 11 is 0. The van der Waals surface area contributed by atoms with Gasteiger partial charge in [0.05, 0.1) is 18.1 Å². The molecule has 0 bridgehead atoms. The van der Waals surface area contributed by atoms with E-state index in [2.05, 4.69) is 4.90 Å². The van der Waals surface area contributed by atoms with Crippen molar-refractivity contribution in [3.05, 3.63) is 58.2 Å². The Hall–Kier alpha value is -3.22. The minimum absolute atomic E-state index is 0.137. The summed E-state index contributed by atoms with van der Waals surface area (Å²) in [5.74, 6) is 1.18. The number of aromatic nitrogens is 1. The van der Waals surface area contributed by atoms with E-state index in [0.717, 1.165) is 24.5 Å². The van der Waals surface area contributed by atoms with Gasteiger partial charge in [-0.05, 0) is 44.2 Å². The maximum atomic E-state index is 13.3. The van der Waals surface area contributed by atoms with Crippen LogP contribution < -0.4 is 15.2 Å². The van der Waals surface area contributed by atoms with E-state index in [-0.39, 0.29) is 11.5 Å². The number of carbonyl (C=O) groups is 1. The standard InChI is InChI=1S/C22H25N3O4/c1-4-23-10-9-18-20(22(23)27)19(15(2)29-18)21(26)25-13-11-24(12-14-25)16-5-7-17(28-3)8-6-16/h5-10H,4,11-14H2,1-3H3. The van der Waals surface area contributed by atoms with Crippen LogP contribution >= 0.6 is 0 Å². The number of pyridine rings is 1. The first-order valence-electron chi connectivity index (χ1n) is 9.84. The normalized spacial score (nSPS) is 14.4. The van der Waals surface area contributed by atoms with Crippen LogP contribution in [-0.4, -0.2) is 48.7 Å². The summed E-state index contributed by atoms with van der Waals surface area (Å²) < 4.78 is 12.5. The molecule has 1 saturated heterocycles. The maximum Gasteiger partial charge on any atom is 0.262 e. The van der Waals surface area contributed by atoms with E-state index in [1.54, 1.807) is 35.8 Å². The van der Waals surface area contributed by atoms with Crippen molar-refractivity contribution in [1.29, 1.82) is 0 Å². The van der Waals surface area contributed by atoms with Crippen LogP contribution in [-0.2, 0) is 6.54 Å². The van der Waals surface area contributed by atoms with Crippen LogP contribution in [0.15, 0.2) is 45.7 Å². The maximum absolute atomic E-state index is 13.3. The smallest absolute Gasteiger partial charge is 0.262 e. The zero-order valence-electron chi connectivity index (χ0n) is 17.0. The van der Waals surface area contributed by atoms with Crippen molar-refractivity contribution in [1.82, 2.24) is 9.47 Å². The third-order valence-electron chi connectivity index (χ3n) is 5.55. The molecule has 1 amide bonds. The molecular formula is C22H25N3O4. The average Bonchev–Trinajstić information content (AvgIpc) is 3.10. The first-order chi connectivity index (χ1) is 14.0. The molecular weight excluding hydrogens is 370 g/mol. The number of carbonyl (C=O) groups excluding carboxylic acids is 1. The number of fused-ring (bicyclic) bond motifs is 1. The number of hydrogen-bond acceptors (Lipinski definition) is 5. The highest BCUT2D eigenvalue weighted by Gasteiger charge is 2.28. The Morgan fingerprint density at radius 2 is 1.79 bits per heavy atom. The average molecular weight is 395 g/mol. The minimum Gasteiger partial charge on any atom is -0.497 e. The highest BCUT2D eigenvalue weighted by Crippen LogP contribution is 2.26. The Morgan fingerprint density at radius 1 is 1.10 bits per heavy atom. The number of piperazine rings is 1. The molecule has 0 spiro atoms. The summed E-state index contributed by atoms with van der Waals surface area (Å²) in [6.07, 6.45) is 1.70. The Balaban J connectivity index is 1.55. The topological polar surface area (TPSA) is 67.9 Å².